The number of para-hydroxylation sites is 1. The predicted molar refractivity (Wildman–Crippen MR) is 133 cm³/mol. The van der Waals surface area contributed by atoms with Crippen LogP contribution in [0.5, 0.6) is 0 Å². The first-order valence-electron chi connectivity index (χ1n) is 11.9. The van der Waals surface area contributed by atoms with Crippen LogP contribution in [0.3, 0.4) is 0 Å². The van der Waals surface area contributed by atoms with Crippen LogP contribution in [0.4, 0.5) is 0 Å². The van der Waals surface area contributed by atoms with E-state index in [4.69, 9.17) is 14.5 Å². The summed E-state index contributed by atoms with van der Waals surface area (Å²) in [7, 11) is 0. The Hall–Kier alpha value is -3.01. The Bertz CT molecular complexity index is 1180. The lowest BCUT2D eigenvalue weighted by Gasteiger charge is -2.44. The van der Waals surface area contributed by atoms with Gasteiger partial charge in [0.2, 0.25) is 0 Å². The molecule has 0 amide bonds. The number of nitrogens with zero attached hydrogens (tertiary/aromatic N) is 1. The summed E-state index contributed by atoms with van der Waals surface area (Å²) in [5, 5.41) is 1.24. The molecule has 3 atom stereocenters. The number of hydrogen-bond acceptors (Lipinski definition) is 3. The van der Waals surface area contributed by atoms with Gasteiger partial charge in [-0.2, -0.15) is 0 Å². The summed E-state index contributed by atoms with van der Waals surface area (Å²) in [4.78, 5) is 5.04. The Morgan fingerprint density at radius 1 is 0.758 bits per heavy atom. The molecule has 33 heavy (non-hydrogen) atoms. The lowest BCUT2D eigenvalue weighted by Crippen LogP contribution is -2.41. The second-order valence-corrected chi connectivity index (χ2v) is 9.15. The predicted octanol–water partition coefficient (Wildman–Crippen LogP) is 6.70. The minimum atomic E-state index is 0.411. The summed E-state index contributed by atoms with van der Waals surface area (Å²) in [6, 6.07) is 31.5. The highest BCUT2D eigenvalue weighted by Crippen LogP contribution is 2.47. The molecule has 4 aromatic rings. The first kappa shape index (κ1) is 21.8. The fourth-order valence-corrected chi connectivity index (χ4v) is 4.95. The van der Waals surface area contributed by atoms with E-state index in [-0.39, 0.29) is 0 Å². The van der Waals surface area contributed by atoms with E-state index < -0.39 is 0 Å². The average molecular weight is 438 g/mol. The van der Waals surface area contributed by atoms with Crippen LogP contribution < -0.4 is 0 Å². The minimum absolute atomic E-state index is 0.411. The van der Waals surface area contributed by atoms with Crippen molar-refractivity contribution in [3.8, 4) is 0 Å². The SMILES string of the molecule is Cc1cc(C2CC(COCc3ccccc3)C2COCc2ccccc2)nc2ccccc12. The Balaban J connectivity index is 1.27. The van der Waals surface area contributed by atoms with Gasteiger partial charge in [0.05, 0.1) is 31.9 Å². The van der Waals surface area contributed by atoms with Gasteiger partial charge in [-0.05, 0) is 54.0 Å². The van der Waals surface area contributed by atoms with Crippen LogP contribution in [0.2, 0.25) is 0 Å². The van der Waals surface area contributed by atoms with E-state index in [9.17, 15) is 0 Å². The van der Waals surface area contributed by atoms with Crippen molar-refractivity contribution in [1.29, 1.82) is 0 Å². The van der Waals surface area contributed by atoms with Crippen molar-refractivity contribution >= 4 is 10.9 Å². The van der Waals surface area contributed by atoms with Gasteiger partial charge in [0.15, 0.2) is 0 Å². The lowest BCUT2D eigenvalue weighted by atomic mass is 9.63. The third kappa shape index (κ3) is 5.16. The van der Waals surface area contributed by atoms with E-state index in [1.165, 1.54) is 27.8 Å². The number of rotatable bonds is 9. The largest absolute Gasteiger partial charge is 0.376 e. The highest BCUT2D eigenvalue weighted by atomic mass is 16.5. The monoisotopic (exact) mass is 437 g/mol. The molecule has 1 saturated carbocycles. The molecule has 0 radical (unpaired) electrons. The van der Waals surface area contributed by atoms with Crippen molar-refractivity contribution in [3.63, 3.8) is 0 Å². The Kier molecular flexibility index (Phi) is 6.80. The molecule has 3 heteroatoms. The van der Waals surface area contributed by atoms with Gasteiger partial charge in [0.1, 0.15) is 0 Å². The van der Waals surface area contributed by atoms with E-state index in [0.717, 1.165) is 25.2 Å². The third-order valence-corrected chi connectivity index (χ3v) is 6.87. The Morgan fingerprint density at radius 2 is 1.36 bits per heavy atom. The third-order valence-electron chi connectivity index (χ3n) is 6.87. The highest BCUT2D eigenvalue weighted by molar-refractivity contribution is 5.82. The topological polar surface area (TPSA) is 31.4 Å². The van der Waals surface area contributed by atoms with Gasteiger partial charge in [-0.1, -0.05) is 78.9 Å². The number of benzene rings is 3. The molecule has 0 bridgehead atoms. The first-order chi connectivity index (χ1) is 16.3. The summed E-state index contributed by atoms with van der Waals surface area (Å²) in [5.74, 6) is 1.31. The maximum absolute atomic E-state index is 6.20. The van der Waals surface area contributed by atoms with Crippen molar-refractivity contribution < 1.29 is 9.47 Å². The lowest BCUT2D eigenvalue weighted by molar-refractivity contribution is -0.0393. The van der Waals surface area contributed by atoms with Gasteiger partial charge >= 0.3 is 0 Å². The van der Waals surface area contributed by atoms with Crippen LogP contribution in [0.15, 0.2) is 91.0 Å². The van der Waals surface area contributed by atoms with Crippen LogP contribution >= 0.6 is 0 Å². The molecule has 0 N–H and O–H groups in total. The molecule has 1 fully saturated rings. The van der Waals surface area contributed by atoms with E-state index in [0.29, 0.717) is 31.0 Å². The van der Waals surface area contributed by atoms with Crippen molar-refractivity contribution in [3.05, 3.63) is 113 Å². The molecule has 0 aliphatic heterocycles. The number of aromatic nitrogens is 1. The molecule has 3 unspecified atom stereocenters. The zero-order chi connectivity index (χ0) is 22.5. The maximum atomic E-state index is 6.20. The summed E-state index contributed by atoms with van der Waals surface area (Å²) in [6.07, 6.45) is 1.10. The number of fused-ring (bicyclic) bond motifs is 1. The molecule has 0 spiro atoms. The quantitative estimate of drug-likeness (QED) is 0.292. The number of ether oxygens (including phenoxy) is 2. The molecule has 1 aromatic heterocycles. The van der Waals surface area contributed by atoms with Crippen molar-refractivity contribution in [2.24, 2.45) is 11.8 Å². The van der Waals surface area contributed by atoms with Gasteiger partial charge in [-0.25, -0.2) is 0 Å². The second kappa shape index (κ2) is 10.3. The standard InChI is InChI=1S/C30H31NO2/c1-22-16-30(31-29-15-9-8-14-26(22)29)27-17-25(20-32-18-23-10-4-2-5-11-23)28(27)21-33-19-24-12-6-3-7-13-24/h2-16,25,27-28H,17-21H2,1H3. The molecule has 1 aliphatic carbocycles. The highest BCUT2D eigenvalue weighted by Gasteiger charge is 2.42. The van der Waals surface area contributed by atoms with Gasteiger partial charge in [0.25, 0.3) is 0 Å². The molecule has 3 aromatic carbocycles. The molecule has 5 rings (SSSR count). The van der Waals surface area contributed by atoms with Gasteiger partial charge in [0, 0.05) is 17.0 Å². The van der Waals surface area contributed by atoms with E-state index >= 15 is 0 Å². The van der Waals surface area contributed by atoms with E-state index in [2.05, 4.69) is 85.8 Å². The van der Waals surface area contributed by atoms with Crippen LogP contribution in [0.1, 0.15) is 34.7 Å². The zero-order valence-corrected chi connectivity index (χ0v) is 19.2. The van der Waals surface area contributed by atoms with E-state index in [1.807, 2.05) is 12.1 Å². The number of pyridine rings is 1. The molecule has 1 heterocycles. The number of aryl methyl sites for hydroxylation is 1. The molecule has 168 valence electrons. The Labute approximate surface area is 196 Å². The van der Waals surface area contributed by atoms with Gasteiger partial charge in [-0.3, -0.25) is 4.98 Å². The molecular formula is C30H31NO2. The fraction of sp³-hybridized carbons (Fsp3) is 0.300. The smallest absolute Gasteiger partial charge is 0.0717 e. The molecule has 3 nitrogen and oxygen atoms in total. The van der Waals surface area contributed by atoms with Gasteiger partial charge in [-0.15, -0.1) is 0 Å². The van der Waals surface area contributed by atoms with Crippen LogP contribution in [-0.4, -0.2) is 18.2 Å². The van der Waals surface area contributed by atoms with E-state index in [1.54, 1.807) is 0 Å². The zero-order valence-electron chi connectivity index (χ0n) is 19.2. The second-order valence-electron chi connectivity index (χ2n) is 9.15. The number of hydrogen-bond donors (Lipinski definition) is 0. The fourth-order valence-electron chi connectivity index (χ4n) is 4.95. The minimum Gasteiger partial charge on any atom is -0.376 e. The maximum Gasteiger partial charge on any atom is 0.0717 e. The summed E-state index contributed by atoms with van der Waals surface area (Å²) < 4.78 is 12.3. The molecular weight excluding hydrogens is 406 g/mol. The van der Waals surface area contributed by atoms with Crippen LogP contribution in [-0.2, 0) is 22.7 Å². The molecule has 0 saturated heterocycles. The normalized spacial score (nSPS) is 20.0. The van der Waals surface area contributed by atoms with Crippen LogP contribution in [0, 0.1) is 18.8 Å². The summed E-state index contributed by atoms with van der Waals surface area (Å²) in [6.45, 7) is 4.98. The Morgan fingerprint density at radius 3 is 2.06 bits per heavy atom. The van der Waals surface area contributed by atoms with Crippen molar-refractivity contribution in [2.75, 3.05) is 13.2 Å². The molecule has 1 aliphatic rings. The summed E-state index contributed by atoms with van der Waals surface area (Å²) in [5.41, 5.74) is 6.00. The van der Waals surface area contributed by atoms with Crippen LogP contribution in [0.25, 0.3) is 10.9 Å². The van der Waals surface area contributed by atoms with Gasteiger partial charge < -0.3 is 9.47 Å². The first-order valence-corrected chi connectivity index (χ1v) is 11.9. The average Bonchev–Trinajstić information content (AvgIpc) is 2.85. The van der Waals surface area contributed by atoms with Crippen molar-refractivity contribution in [1.82, 2.24) is 4.98 Å². The summed E-state index contributed by atoms with van der Waals surface area (Å²) >= 11 is 0. The van der Waals surface area contributed by atoms with Crippen molar-refractivity contribution in [2.45, 2.75) is 32.5 Å².